The third-order valence-corrected chi connectivity index (χ3v) is 4.79. The molecule has 1 N–H and O–H groups in total. The molecule has 2 aliphatic rings. The van der Waals surface area contributed by atoms with Gasteiger partial charge in [0.25, 0.3) is 0 Å². The van der Waals surface area contributed by atoms with Crippen molar-refractivity contribution in [2.75, 3.05) is 0 Å². The van der Waals surface area contributed by atoms with Crippen LogP contribution in [0.2, 0.25) is 0 Å². The molecule has 3 atom stereocenters. The van der Waals surface area contributed by atoms with Crippen LogP contribution in [0.15, 0.2) is 0 Å². The minimum Gasteiger partial charge on any atom is -0.311 e. The molecule has 2 rings (SSSR count). The predicted octanol–water partition coefficient (Wildman–Crippen LogP) is 4.12. The van der Waals surface area contributed by atoms with Gasteiger partial charge >= 0.3 is 0 Å². The van der Waals surface area contributed by atoms with Crippen molar-refractivity contribution in [2.24, 2.45) is 11.8 Å². The van der Waals surface area contributed by atoms with Crippen LogP contribution in [0.4, 0.5) is 0 Å². The average molecular weight is 223 g/mol. The van der Waals surface area contributed by atoms with Gasteiger partial charge in [0.2, 0.25) is 0 Å². The molecule has 2 fully saturated rings. The summed E-state index contributed by atoms with van der Waals surface area (Å²) in [4.78, 5) is 0. The highest BCUT2D eigenvalue weighted by atomic mass is 15.0. The first-order valence-corrected chi connectivity index (χ1v) is 7.51. The van der Waals surface area contributed by atoms with Crippen molar-refractivity contribution in [3.63, 3.8) is 0 Å². The zero-order valence-corrected chi connectivity index (χ0v) is 11.2. The summed E-state index contributed by atoms with van der Waals surface area (Å²) < 4.78 is 0. The Balaban J connectivity index is 1.74. The molecule has 0 aromatic heterocycles. The molecule has 0 spiro atoms. The van der Waals surface area contributed by atoms with Crippen LogP contribution in [-0.4, -0.2) is 12.1 Å². The molecule has 0 aromatic carbocycles. The molecule has 2 saturated carbocycles. The second-order valence-corrected chi connectivity index (χ2v) is 6.32. The summed E-state index contributed by atoms with van der Waals surface area (Å²) in [6, 6.07) is 1.58. The molecule has 0 aromatic rings. The lowest BCUT2D eigenvalue weighted by molar-refractivity contribution is 0.225. The normalized spacial score (nSPS) is 34.9. The molecule has 0 bridgehead atoms. The Labute approximate surface area is 101 Å². The van der Waals surface area contributed by atoms with Gasteiger partial charge in [-0.2, -0.15) is 0 Å². The molecule has 1 heteroatoms. The third-order valence-electron chi connectivity index (χ3n) is 4.79. The van der Waals surface area contributed by atoms with Crippen LogP contribution in [0.25, 0.3) is 0 Å². The minimum absolute atomic E-state index is 0.760. The molecule has 0 heterocycles. The van der Waals surface area contributed by atoms with E-state index in [1.54, 1.807) is 0 Å². The topological polar surface area (TPSA) is 12.0 Å². The van der Waals surface area contributed by atoms with Gasteiger partial charge in [0, 0.05) is 12.1 Å². The standard InChI is InChI=1S/C15H29N/c1-12-7-6-10-15(11-12)16-13(2)14-8-4-3-5-9-14/h12-16H,3-11H2,1-2H3/t12?,13-,15?/m1/s1. The first-order chi connectivity index (χ1) is 7.75. The Morgan fingerprint density at radius 3 is 2.38 bits per heavy atom. The Morgan fingerprint density at radius 1 is 0.938 bits per heavy atom. The fraction of sp³-hybridized carbons (Fsp3) is 1.00. The molecule has 0 saturated heterocycles. The van der Waals surface area contributed by atoms with Crippen LogP contribution in [0.3, 0.4) is 0 Å². The SMILES string of the molecule is CC1CCCC(N[C@H](C)C2CCCCC2)C1. The Hall–Kier alpha value is -0.0400. The van der Waals surface area contributed by atoms with E-state index < -0.39 is 0 Å². The second kappa shape index (κ2) is 6.05. The predicted molar refractivity (Wildman–Crippen MR) is 70.6 cm³/mol. The van der Waals surface area contributed by atoms with Crippen LogP contribution in [0, 0.1) is 11.8 Å². The fourth-order valence-electron chi connectivity index (χ4n) is 3.73. The maximum Gasteiger partial charge on any atom is 0.00721 e. The number of nitrogens with one attached hydrogen (secondary N) is 1. The molecular weight excluding hydrogens is 194 g/mol. The number of rotatable bonds is 3. The van der Waals surface area contributed by atoms with E-state index in [0.717, 1.165) is 23.9 Å². The van der Waals surface area contributed by atoms with Crippen LogP contribution in [0.1, 0.15) is 71.6 Å². The largest absolute Gasteiger partial charge is 0.311 e. The van der Waals surface area contributed by atoms with Crippen molar-refractivity contribution >= 4 is 0 Å². The minimum atomic E-state index is 0.760. The van der Waals surface area contributed by atoms with Crippen molar-refractivity contribution < 1.29 is 0 Å². The highest BCUT2D eigenvalue weighted by Gasteiger charge is 2.24. The van der Waals surface area contributed by atoms with Crippen LogP contribution < -0.4 is 5.32 Å². The summed E-state index contributed by atoms with van der Waals surface area (Å²) in [7, 11) is 0. The summed E-state index contributed by atoms with van der Waals surface area (Å²) in [6.07, 6.45) is 13.1. The van der Waals surface area contributed by atoms with Gasteiger partial charge in [-0.25, -0.2) is 0 Å². The quantitative estimate of drug-likeness (QED) is 0.759. The van der Waals surface area contributed by atoms with Crippen molar-refractivity contribution in [3.8, 4) is 0 Å². The molecule has 0 amide bonds. The molecule has 1 nitrogen and oxygen atoms in total. The Bertz CT molecular complexity index is 196. The van der Waals surface area contributed by atoms with Gasteiger partial charge in [0.05, 0.1) is 0 Å². The summed E-state index contributed by atoms with van der Waals surface area (Å²) in [5, 5.41) is 3.92. The summed E-state index contributed by atoms with van der Waals surface area (Å²) >= 11 is 0. The lowest BCUT2D eigenvalue weighted by Gasteiger charge is -2.34. The maximum absolute atomic E-state index is 3.92. The Kier molecular flexibility index (Phi) is 4.69. The molecule has 2 aliphatic carbocycles. The Morgan fingerprint density at radius 2 is 1.69 bits per heavy atom. The van der Waals surface area contributed by atoms with E-state index in [0.29, 0.717) is 0 Å². The molecule has 0 aliphatic heterocycles. The molecule has 16 heavy (non-hydrogen) atoms. The average Bonchev–Trinajstić information content (AvgIpc) is 2.30. The van der Waals surface area contributed by atoms with E-state index >= 15 is 0 Å². The second-order valence-electron chi connectivity index (χ2n) is 6.32. The lowest BCUT2D eigenvalue weighted by Crippen LogP contribution is -2.43. The van der Waals surface area contributed by atoms with E-state index in [4.69, 9.17) is 0 Å². The van der Waals surface area contributed by atoms with Gasteiger partial charge in [-0.15, -0.1) is 0 Å². The zero-order chi connectivity index (χ0) is 11.4. The lowest BCUT2D eigenvalue weighted by atomic mass is 9.82. The van der Waals surface area contributed by atoms with Crippen LogP contribution in [0.5, 0.6) is 0 Å². The molecule has 94 valence electrons. The van der Waals surface area contributed by atoms with E-state index in [2.05, 4.69) is 19.2 Å². The van der Waals surface area contributed by atoms with Crippen molar-refractivity contribution in [3.05, 3.63) is 0 Å². The smallest absolute Gasteiger partial charge is 0.00721 e. The summed E-state index contributed by atoms with van der Waals surface area (Å²) in [5.41, 5.74) is 0. The van der Waals surface area contributed by atoms with E-state index in [9.17, 15) is 0 Å². The molecule has 0 radical (unpaired) electrons. The highest BCUT2D eigenvalue weighted by Crippen LogP contribution is 2.29. The van der Waals surface area contributed by atoms with E-state index in [-0.39, 0.29) is 0 Å². The van der Waals surface area contributed by atoms with Gasteiger partial charge in [0.15, 0.2) is 0 Å². The van der Waals surface area contributed by atoms with Gasteiger partial charge in [-0.05, 0) is 44.4 Å². The summed E-state index contributed by atoms with van der Waals surface area (Å²) in [5.74, 6) is 1.91. The van der Waals surface area contributed by atoms with Crippen molar-refractivity contribution in [1.29, 1.82) is 0 Å². The van der Waals surface area contributed by atoms with Crippen molar-refractivity contribution in [2.45, 2.75) is 83.7 Å². The fourth-order valence-corrected chi connectivity index (χ4v) is 3.73. The maximum atomic E-state index is 3.92. The monoisotopic (exact) mass is 223 g/mol. The van der Waals surface area contributed by atoms with E-state index in [1.165, 1.54) is 57.8 Å². The third kappa shape index (κ3) is 3.48. The van der Waals surface area contributed by atoms with Crippen LogP contribution in [-0.2, 0) is 0 Å². The van der Waals surface area contributed by atoms with Crippen molar-refractivity contribution in [1.82, 2.24) is 5.32 Å². The first kappa shape index (κ1) is 12.4. The van der Waals surface area contributed by atoms with Crippen LogP contribution >= 0.6 is 0 Å². The molecular formula is C15H29N. The van der Waals surface area contributed by atoms with Gasteiger partial charge in [-0.1, -0.05) is 39.0 Å². The first-order valence-electron chi connectivity index (χ1n) is 7.51. The number of hydrogen-bond donors (Lipinski definition) is 1. The zero-order valence-electron chi connectivity index (χ0n) is 11.2. The molecule has 2 unspecified atom stereocenters. The number of hydrogen-bond acceptors (Lipinski definition) is 1. The van der Waals surface area contributed by atoms with Gasteiger partial charge in [0.1, 0.15) is 0 Å². The van der Waals surface area contributed by atoms with Gasteiger partial charge < -0.3 is 5.32 Å². The summed E-state index contributed by atoms with van der Waals surface area (Å²) in [6.45, 7) is 4.84. The van der Waals surface area contributed by atoms with E-state index in [1.807, 2.05) is 0 Å². The highest BCUT2D eigenvalue weighted by molar-refractivity contribution is 4.82. The van der Waals surface area contributed by atoms with Gasteiger partial charge in [-0.3, -0.25) is 0 Å².